The van der Waals surface area contributed by atoms with Crippen molar-refractivity contribution in [2.75, 3.05) is 19.6 Å². The van der Waals surface area contributed by atoms with Crippen LogP contribution in [0.3, 0.4) is 0 Å². The third-order valence-corrected chi connectivity index (χ3v) is 2.43. The van der Waals surface area contributed by atoms with Crippen LogP contribution in [0.2, 0.25) is 0 Å². The lowest BCUT2D eigenvalue weighted by molar-refractivity contribution is -0.0280. The van der Waals surface area contributed by atoms with Crippen molar-refractivity contribution in [3.63, 3.8) is 0 Å². The molecule has 2 heterocycles. The van der Waals surface area contributed by atoms with Crippen LogP contribution in [0.25, 0.3) is 0 Å². The van der Waals surface area contributed by atoms with Gasteiger partial charge >= 0.3 is 0 Å². The minimum absolute atomic E-state index is 0.124. The fourth-order valence-electron chi connectivity index (χ4n) is 1.67. The van der Waals surface area contributed by atoms with Gasteiger partial charge in [-0.3, -0.25) is 4.90 Å². The Balaban J connectivity index is 2.02. The van der Waals surface area contributed by atoms with Gasteiger partial charge in [0.05, 0.1) is 18.4 Å². The van der Waals surface area contributed by atoms with Crippen molar-refractivity contribution in [1.29, 1.82) is 0 Å². The maximum absolute atomic E-state index is 9.15. The fourth-order valence-corrected chi connectivity index (χ4v) is 1.67. The molecule has 0 amide bonds. The third-order valence-electron chi connectivity index (χ3n) is 2.43. The zero-order valence-electron chi connectivity index (χ0n) is 7.39. The van der Waals surface area contributed by atoms with Crippen LogP contribution >= 0.6 is 0 Å². The van der Waals surface area contributed by atoms with Gasteiger partial charge < -0.3 is 15.3 Å². The summed E-state index contributed by atoms with van der Waals surface area (Å²) >= 11 is 0. The Morgan fingerprint density at radius 1 is 1.69 bits per heavy atom. The summed E-state index contributed by atoms with van der Waals surface area (Å²) in [4.78, 5) is 2.11. The minimum atomic E-state index is -0.191. The van der Waals surface area contributed by atoms with Gasteiger partial charge in [0, 0.05) is 19.6 Å². The fraction of sp³-hybridized carbons (Fsp3) is 0.556. The Hall–Kier alpha value is -0.840. The zero-order valence-corrected chi connectivity index (χ0v) is 7.39. The van der Waals surface area contributed by atoms with E-state index in [9.17, 15) is 0 Å². The summed E-state index contributed by atoms with van der Waals surface area (Å²) in [6, 6.07) is 3.90. The molecule has 3 N–H and O–H groups in total. The van der Waals surface area contributed by atoms with Crippen molar-refractivity contribution in [2.45, 2.75) is 12.1 Å². The Morgan fingerprint density at radius 3 is 2.92 bits per heavy atom. The number of hydrogen-bond acceptors (Lipinski definition) is 4. The van der Waals surface area contributed by atoms with Crippen molar-refractivity contribution in [3.05, 3.63) is 24.2 Å². The van der Waals surface area contributed by atoms with E-state index in [0.29, 0.717) is 19.6 Å². The van der Waals surface area contributed by atoms with E-state index < -0.39 is 0 Å². The second-order valence-electron chi connectivity index (χ2n) is 3.37. The first kappa shape index (κ1) is 8.74. The van der Waals surface area contributed by atoms with E-state index in [-0.39, 0.29) is 12.1 Å². The van der Waals surface area contributed by atoms with Gasteiger partial charge in [0.25, 0.3) is 0 Å². The Morgan fingerprint density at radius 2 is 2.46 bits per heavy atom. The molecule has 1 aromatic heterocycles. The summed E-state index contributed by atoms with van der Waals surface area (Å²) in [6.07, 6.45) is 1.46. The molecule has 0 bridgehead atoms. The normalized spacial score (nSPS) is 21.4. The number of nitrogens with zero attached hydrogens (tertiary/aromatic N) is 1. The predicted octanol–water partition coefficient (Wildman–Crippen LogP) is -0.0441. The summed E-state index contributed by atoms with van der Waals surface area (Å²) in [7, 11) is 0. The van der Waals surface area contributed by atoms with Gasteiger partial charge in [0.1, 0.15) is 5.76 Å². The molecule has 0 aliphatic carbocycles. The molecule has 72 valence electrons. The highest BCUT2D eigenvalue weighted by Crippen LogP contribution is 2.24. The van der Waals surface area contributed by atoms with E-state index in [1.54, 1.807) is 6.26 Å². The second-order valence-corrected chi connectivity index (χ2v) is 3.37. The van der Waals surface area contributed by atoms with Crippen LogP contribution in [-0.4, -0.2) is 35.7 Å². The SMILES string of the molecule is NCC(c1ccco1)N1CC(O)C1. The molecule has 4 heteroatoms. The molecule has 1 atom stereocenters. The van der Waals surface area contributed by atoms with Crippen LogP contribution in [0.15, 0.2) is 22.8 Å². The number of aliphatic hydroxyl groups is 1. The number of hydrogen-bond donors (Lipinski definition) is 2. The third kappa shape index (κ3) is 1.60. The minimum Gasteiger partial charge on any atom is -0.468 e. The summed E-state index contributed by atoms with van der Waals surface area (Å²) < 4.78 is 5.28. The Kier molecular flexibility index (Phi) is 2.35. The summed E-state index contributed by atoms with van der Waals surface area (Å²) in [5.41, 5.74) is 5.64. The van der Waals surface area contributed by atoms with Gasteiger partial charge in [-0.1, -0.05) is 0 Å². The van der Waals surface area contributed by atoms with Gasteiger partial charge in [-0.2, -0.15) is 0 Å². The highest BCUT2D eigenvalue weighted by Gasteiger charge is 2.32. The average Bonchev–Trinajstić information content (AvgIpc) is 2.55. The first-order valence-corrected chi connectivity index (χ1v) is 4.47. The number of aliphatic hydroxyl groups excluding tert-OH is 1. The molecule has 1 aliphatic rings. The van der Waals surface area contributed by atoms with Crippen LogP contribution in [-0.2, 0) is 0 Å². The summed E-state index contributed by atoms with van der Waals surface area (Å²) in [6.45, 7) is 1.92. The van der Waals surface area contributed by atoms with Crippen LogP contribution in [0.4, 0.5) is 0 Å². The average molecular weight is 182 g/mol. The van der Waals surface area contributed by atoms with Gasteiger partial charge in [-0.25, -0.2) is 0 Å². The number of β-amino-alcohol motifs (C(OH)–C–C–N with tert-alkyl or cyclic N) is 1. The van der Waals surface area contributed by atoms with Crippen molar-refractivity contribution < 1.29 is 9.52 Å². The van der Waals surface area contributed by atoms with Crippen LogP contribution in [0.5, 0.6) is 0 Å². The molecule has 4 nitrogen and oxygen atoms in total. The number of furan rings is 1. The molecule has 0 saturated carbocycles. The monoisotopic (exact) mass is 182 g/mol. The smallest absolute Gasteiger partial charge is 0.122 e. The van der Waals surface area contributed by atoms with Crippen molar-refractivity contribution in [3.8, 4) is 0 Å². The van der Waals surface area contributed by atoms with E-state index >= 15 is 0 Å². The Labute approximate surface area is 76.9 Å². The highest BCUT2D eigenvalue weighted by molar-refractivity contribution is 5.07. The molecule has 13 heavy (non-hydrogen) atoms. The van der Waals surface area contributed by atoms with Crippen LogP contribution < -0.4 is 5.73 Å². The summed E-state index contributed by atoms with van der Waals surface area (Å²) in [5, 5.41) is 9.15. The molecule has 0 aromatic carbocycles. The molecule has 1 aromatic rings. The molecule has 1 fully saturated rings. The maximum atomic E-state index is 9.15. The molecule has 1 saturated heterocycles. The van der Waals surface area contributed by atoms with Crippen molar-refractivity contribution in [1.82, 2.24) is 4.90 Å². The van der Waals surface area contributed by atoms with Gasteiger partial charge in [-0.05, 0) is 12.1 Å². The van der Waals surface area contributed by atoms with E-state index in [1.807, 2.05) is 12.1 Å². The summed E-state index contributed by atoms with van der Waals surface area (Å²) in [5.74, 6) is 0.884. The molecular weight excluding hydrogens is 168 g/mol. The van der Waals surface area contributed by atoms with Crippen LogP contribution in [0.1, 0.15) is 11.8 Å². The number of likely N-dealkylation sites (tertiary alicyclic amines) is 1. The molecule has 1 unspecified atom stereocenters. The largest absolute Gasteiger partial charge is 0.468 e. The standard InChI is InChI=1S/C9H14N2O2/c10-4-8(9-2-1-3-13-9)11-5-7(12)6-11/h1-3,7-8,12H,4-6,10H2. The molecule has 2 rings (SSSR count). The second kappa shape index (κ2) is 3.49. The maximum Gasteiger partial charge on any atom is 0.122 e. The Bertz CT molecular complexity index is 255. The number of nitrogens with two attached hydrogens (primary N) is 1. The molecule has 0 spiro atoms. The highest BCUT2D eigenvalue weighted by atomic mass is 16.3. The van der Waals surface area contributed by atoms with Gasteiger partial charge in [0.2, 0.25) is 0 Å². The first-order chi connectivity index (χ1) is 6.31. The van der Waals surface area contributed by atoms with E-state index in [1.165, 1.54) is 0 Å². The lowest BCUT2D eigenvalue weighted by Crippen LogP contribution is -2.53. The molecular formula is C9H14N2O2. The lowest BCUT2D eigenvalue weighted by Gasteiger charge is -2.40. The van der Waals surface area contributed by atoms with E-state index in [0.717, 1.165) is 5.76 Å². The predicted molar refractivity (Wildman–Crippen MR) is 48.1 cm³/mol. The molecule has 0 radical (unpaired) electrons. The quantitative estimate of drug-likeness (QED) is 0.688. The van der Waals surface area contributed by atoms with Crippen molar-refractivity contribution in [2.24, 2.45) is 5.73 Å². The zero-order chi connectivity index (χ0) is 9.26. The van der Waals surface area contributed by atoms with Crippen molar-refractivity contribution >= 4 is 0 Å². The van der Waals surface area contributed by atoms with E-state index in [2.05, 4.69) is 4.90 Å². The van der Waals surface area contributed by atoms with Crippen LogP contribution in [0, 0.1) is 0 Å². The van der Waals surface area contributed by atoms with Gasteiger partial charge in [0.15, 0.2) is 0 Å². The first-order valence-electron chi connectivity index (χ1n) is 4.47. The van der Waals surface area contributed by atoms with E-state index in [4.69, 9.17) is 15.3 Å². The molecule has 1 aliphatic heterocycles. The topological polar surface area (TPSA) is 62.6 Å². The lowest BCUT2D eigenvalue weighted by atomic mass is 10.1. The van der Waals surface area contributed by atoms with Gasteiger partial charge in [-0.15, -0.1) is 0 Å². The number of rotatable bonds is 3.